The zero-order chi connectivity index (χ0) is 17.1. The van der Waals surface area contributed by atoms with E-state index < -0.39 is 0 Å². The molecule has 0 unspecified atom stereocenters. The van der Waals surface area contributed by atoms with Crippen LogP contribution in [0, 0.1) is 0 Å². The van der Waals surface area contributed by atoms with Crippen LogP contribution in [0.25, 0.3) is 0 Å². The summed E-state index contributed by atoms with van der Waals surface area (Å²) in [5, 5.41) is 6.38. The van der Waals surface area contributed by atoms with Crippen LogP contribution in [0.2, 0.25) is 0 Å². The molecule has 0 fully saturated rings. The summed E-state index contributed by atoms with van der Waals surface area (Å²) < 4.78 is 21.1. The molecule has 0 amide bonds. The number of aliphatic imine (C=N–C) groups is 1. The van der Waals surface area contributed by atoms with E-state index in [0.29, 0.717) is 36.9 Å². The van der Waals surface area contributed by atoms with Gasteiger partial charge in [-0.3, -0.25) is 0 Å². The van der Waals surface area contributed by atoms with Gasteiger partial charge in [0, 0.05) is 31.8 Å². The first kappa shape index (κ1) is 18.9. The second-order valence-electron chi connectivity index (χ2n) is 4.63. The molecule has 2 N–H and O–H groups in total. The van der Waals surface area contributed by atoms with Crippen molar-refractivity contribution in [3.05, 3.63) is 17.7 Å². The van der Waals surface area contributed by atoms with Crippen LogP contribution >= 0.6 is 0 Å². The van der Waals surface area contributed by atoms with E-state index in [1.165, 1.54) is 0 Å². The second-order valence-corrected chi connectivity index (χ2v) is 4.63. The van der Waals surface area contributed by atoms with Gasteiger partial charge in [-0.15, -0.1) is 0 Å². The Morgan fingerprint density at radius 1 is 0.957 bits per heavy atom. The zero-order valence-corrected chi connectivity index (χ0v) is 14.6. The van der Waals surface area contributed by atoms with Gasteiger partial charge in [-0.05, 0) is 13.0 Å². The Kier molecular flexibility index (Phi) is 8.67. The van der Waals surface area contributed by atoms with E-state index in [-0.39, 0.29) is 0 Å². The molecule has 0 heterocycles. The molecule has 130 valence electrons. The monoisotopic (exact) mass is 325 g/mol. The summed E-state index contributed by atoms with van der Waals surface area (Å²) in [6, 6.07) is 3.68. The van der Waals surface area contributed by atoms with E-state index in [2.05, 4.69) is 15.6 Å². The average Bonchev–Trinajstić information content (AvgIpc) is 2.58. The number of nitrogens with one attached hydrogen (secondary N) is 2. The summed E-state index contributed by atoms with van der Waals surface area (Å²) in [7, 11) is 6.49. The Hall–Kier alpha value is -2.15. The molecule has 1 aromatic rings. The van der Waals surface area contributed by atoms with E-state index in [0.717, 1.165) is 18.1 Å². The van der Waals surface area contributed by atoms with Crippen molar-refractivity contribution in [1.29, 1.82) is 0 Å². The summed E-state index contributed by atoms with van der Waals surface area (Å²) in [5.74, 6) is 2.71. The molecule has 7 heteroatoms. The van der Waals surface area contributed by atoms with Crippen LogP contribution in [-0.4, -0.2) is 54.1 Å². The maximum absolute atomic E-state index is 5.41. The molecule has 0 saturated carbocycles. The molecule has 1 rings (SSSR count). The van der Waals surface area contributed by atoms with Gasteiger partial charge in [0.15, 0.2) is 17.5 Å². The molecule has 0 atom stereocenters. The minimum atomic E-state index is 0.450. The van der Waals surface area contributed by atoms with Crippen molar-refractivity contribution in [3.63, 3.8) is 0 Å². The number of hydrogen-bond donors (Lipinski definition) is 2. The molecule has 0 bridgehead atoms. The van der Waals surface area contributed by atoms with E-state index in [9.17, 15) is 0 Å². The van der Waals surface area contributed by atoms with Crippen molar-refractivity contribution in [3.8, 4) is 17.2 Å². The van der Waals surface area contributed by atoms with Gasteiger partial charge in [-0.25, -0.2) is 4.99 Å². The molecule has 0 aliphatic heterocycles. The lowest BCUT2D eigenvalue weighted by molar-refractivity contribution is 0.203. The zero-order valence-electron chi connectivity index (χ0n) is 14.6. The van der Waals surface area contributed by atoms with Crippen LogP contribution in [0.3, 0.4) is 0 Å². The van der Waals surface area contributed by atoms with Crippen LogP contribution in [0.5, 0.6) is 17.2 Å². The molecule has 0 aliphatic carbocycles. The summed E-state index contributed by atoms with van der Waals surface area (Å²) in [6.07, 6.45) is 0. The highest BCUT2D eigenvalue weighted by Crippen LogP contribution is 2.34. The van der Waals surface area contributed by atoms with Gasteiger partial charge in [0.05, 0.1) is 34.5 Å². The van der Waals surface area contributed by atoms with Crippen molar-refractivity contribution in [1.82, 2.24) is 10.6 Å². The first-order valence-electron chi connectivity index (χ1n) is 7.50. The van der Waals surface area contributed by atoms with Crippen LogP contribution in [0.15, 0.2) is 17.1 Å². The number of methoxy groups -OCH3 is 4. The largest absolute Gasteiger partial charge is 0.496 e. The maximum atomic E-state index is 5.41. The molecule has 7 nitrogen and oxygen atoms in total. The lowest BCUT2D eigenvalue weighted by Gasteiger charge is -2.14. The van der Waals surface area contributed by atoms with Crippen molar-refractivity contribution in [2.24, 2.45) is 4.99 Å². The smallest absolute Gasteiger partial charge is 0.191 e. The molecule has 1 aromatic carbocycles. The standard InChI is InChI=1S/C16H27N3O4/c1-6-17-16(18-7-8-20-2)19-11-12-9-14(22-4)15(23-5)10-13(12)21-3/h9-10H,6-8,11H2,1-5H3,(H2,17,18,19). The molecule has 23 heavy (non-hydrogen) atoms. The maximum Gasteiger partial charge on any atom is 0.191 e. The molecular formula is C16H27N3O4. The topological polar surface area (TPSA) is 73.3 Å². The van der Waals surface area contributed by atoms with Gasteiger partial charge in [0.1, 0.15) is 5.75 Å². The number of ether oxygens (including phenoxy) is 4. The van der Waals surface area contributed by atoms with Gasteiger partial charge in [0.25, 0.3) is 0 Å². The van der Waals surface area contributed by atoms with E-state index in [1.54, 1.807) is 34.5 Å². The normalized spacial score (nSPS) is 11.1. The van der Waals surface area contributed by atoms with Gasteiger partial charge in [-0.2, -0.15) is 0 Å². The number of nitrogens with zero attached hydrogens (tertiary/aromatic N) is 1. The van der Waals surface area contributed by atoms with Gasteiger partial charge in [0.2, 0.25) is 0 Å². The van der Waals surface area contributed by atoms with Crippen molar-refractivity contribution in [2.45, 2.75) is 13.5 Å². The van der Waals surface area contributed by atoms with E-state index in [1.807, 2.05) is 13.0 Å². The quantitative estimate of drug-likeness (QED) is 0.406. The predicted molar refractivity (Wildman–Crippen MR) is 90.8 cm³/mol. The van der Waals surface area contributed by atoms with E-state index in [4.69, 9.17) is 18.9 Å². The summed E-state index contributed by atoms with van der Waals surface area (Å²) in [5.41, 5.74) is 0.911. The summed E-state index contributed by atoms with van der Waals surface area (Å²) >= 11 is 0. The van der Waals surface area contributed by atoms with Crippen LogP contribution < -0.4 is 24.8 Å². The van der Waals surface area contributed by atoms with Gasteiger partial charge >= 0.3 is 0 Å². The molecule has 0 aliphatic rings. The third-order valence-corrected chi connectivity index (χ3v) is 3.14. The molecule has 0 radical (unpaired) electrons. The number of rotatable bonds is 9. The first-order chi connectivity index (χ1) is 11.2. The number of guanidine groups is 1. The van der Waals surface area contributed by atoms with E-state index >= 15 is 0 Å². The fraction of sp³-hybridized carbons (Fsp3) is 0.562. The molecule has 0 saturated heterocycles. The van der Waals surface area contributed by atoms with Crippen LogP contribution in [0.4, 0.5) is 0 Å². The third-order valence-electron chi connectivity index (χ3n) is 3.14. The number of hydrogen-bond acceptors (Lipinski definition) is 5. The van der Waals surface area contributed by atoms with Gasteiger partial charge < -0.3 is 29.6 Å². The summed E-state index contributed by atoms with van der Waals surface area (Å²) in [6.45, 7) is 4.55. The third kappa shape index (κ3) is 5.86. The Balaban J connectivity index is 2.93. The molecule has 0 spiro atoms. The Bertz CT molecular complexity index is 506. The molecule has 0 aromatic heterocycles. The lowest BCUT2D eigenvalue weighted by atomic mass is 10.1. The average molecular weight is 325 g/mol. The van der Waals surface area contributed by atoms with Crippen LogP contribution in [-0.2, 0) is 11.3 Å². The Labute approximate surface area is 138 Å². The van der Waals surface area contributed by atoms with Gasteiger partial charge in [-0.1, -0.05) is 0 Å². The van der Waals surface area contributed by atoms with Crippen molar-refractivity contribution in [2.75, 3.05) is 48.1 Å². The minimum absolute atomic E-state index is 0.450. The SMILES string of the molecule is CCNC(=NCc1cc(OC)c(OC)cc1OC)NCCOC. The predicted octanol–water partition coefficient (Wildman–Crippen LogP) is 1.41. The Morgan fingerprint density at radius 2 is 1.61 bits per heavy atom. The fourth-order valence-corrected chi connectivity index (χ4v) is 1.99. The van der Waals surface area contributed by atoms with Crippen molar-refractivity contribution < 1.29 is 18.9 Å². The van der Waals surface area contributed by atoms with Crippen LogP contribution in [0.1, 0.15) is 12.5 Å². The highest BCUT2D eigenvalue weighted by atomic mass is 16.5. The lowest BCUT2D eigenvalue weighted by Crippen LogP contribution is -2.38. The minimum Gasteiger partial charge on any atom is -0.496 e. The first-order valence-corrected chi connectivity index (χ1v) is 7.50. The highest BCUT2D eigenvalue weighted by Gasteiger charge is 2.11. The van der Waals surface area contributed by atoms with Crippen molar-refractivity contribution >= 4 is 5.96 Å². The highest BCUT2D eigenvalue weighted by molar-refractivity contribution is 5.79. The Morgan fingerprint density at radius 3 is 2.17 bits per heavy atom. The number of benzene rings is 1. The summed E-state index contributed by atoms with van der Waals surface area (Å²) in [4.78, 5) is 4.56. The molecular weight excluding hydrogens is 298 g/mol. The fourth-order valence-electron chi connectivity index (χ4n) is 1.99. The second kappa shape index (κ2) is 10.6.